The van der Waals surface area contributed by atoms with Gasteiger partial charge in [0.2, 0.25) is 0 Å². The molecule has 1 heterocycles. The number of methoxy groups -OCH3 is 1. The Morgan fingerprint density at radius 2 is 1.83 bits per heavy atom. The summed E-state index contributed by atoms with van der Waals surface area (Å²) in [7, 11) is 1.64. The molecule has 23 heavy (non-hydrogen) atoms. The topological polar surface area (TPSA) is 44.1 Å². The number of fused-ring (bicyclic) bond motifs is 1. The molecule has 0 spiro atoms. The van der Waals surface area contributed by atoms with Gasteiger partial charge in [-0.15, -0.1) is 0 Å². The Morgan fingerprint density at radius 3 is 2.52 bits per heavy atom. The van der Waals surface area contributed by atoms with Crippen LogP contribution >= 0.6 is 0 Å². The molecule has 0 saturated heterocycles. The number of benzene rings is 2. The second-order valence-corrected chi connectivity index (χ2v) is 5.33. The van der Waals surface area contributed by atoms with E-state index in [0.29, 0.717) is 29.0 Å². The van der Waals surface area contributed by atoms with Crippen LogP contribution in [0, 0.1) is 0 Å². The van der Waals surface area contributed by atoms with E-state index in [0.717, 1.165) is 11.3 Å². The Kier molecular flexibility index (Phi) is 6.18. The molecule has 0 saturated carbocycles. The van der Waals surface area contributed by atoms with Crippen molar-refractivity contribution in [1.82, 2.24) is 9.55 Å². The van der Waals surface area contributed by atoms with Crippen molar-refractivity contribution in [3.05, 3.63) is 64.4 Å². The standard InChI is InChI=1S/C17H16N2O2S.Na/c1-21-13-8-6-12(7-9-13)10-11-19-16(20)14-4-2-3-5-15(14)18-17(19)22;/h2-9H,10-11H2,1H3,(H,18,22);/q;+1/p-1. The molecular formula is C17H15N2NaO2S. The van der Waals surface area contributed by atoms with Crippen LogP contribution < -0.4 is 39.9 Å². The van der Waals surface area contributed by atoms with Crippen molar-refractivity contribution < 1.29 is 34.3 Å². The normalized spacial score (nSPS) is 10.3. The number of nitrogens with zero attached hydrogens (tertiary/aromatic N) is 2. The zero-order valence-corrected chi connectivity index (χ0v) is 16.0. The van der Waals surface area contributed by atoms with Gasteiger partial charge >= 0.3 is 29.6 Å². The van der Waals surface area contributed by atoms with Gasteiger partial charge in [0.15, 0.2) is 0 Å². The van der Waals surface area contributed by atoms with E-state index < -0.39 is 0 Å². The van der Waals surface area contributed by atoms with Gasteiger partial charge in [0, 0.05) is 6.54 Å². The van der Waals surface area contributed by atoms with Gasteiger partial charge < -0.3 is 21.9 Å². The van der Waals surface area contributed by atoms with Crippen LogP contribution in [0.3, 0.4) is 0 Å². The van der Waals surface area contributed by atoms with Crippen LogP contribution in [-0.2, 0) is 25.6 Å². The molecule has 0 aliphatic heterocycles. The summed E-state index contributed by atoms with van der Waals surface area (Å²) in [6, 6.07) is 15.1. The van der Waals surface area contributed by atoms with Crippen molar-refractivity contribution in [1.29, 1.82) is 0 Å². The fourth-order valence-electron chi connectivity index (χ4n) is 2.38. The number of rotatable bonds is 4. The molecule has 4 nitrogen and oxygen atoms in total. The summed E-state index contributed by atoms with van der Waals surface area (Å²) in [6.07, 6.45) is 0.716. The first-order chi connectivity index (χ1) is 10.7. The number of aryl methyl sites for hydroxylation is 1. The summed E-state index contributed by atoms with van der Waals surface area (Å²) in [6.45, 7) is 0.516. The fraction of sp³-hybridized carbons (Fsp3) is 0.176. The smallest absolute Gasteiger partial charge is 0.742 e. The molecule has 2 aromatic carbocycles. The van der Waals surface area contributed by atoms with E-state index in [9.17, 15) is 4.79 Å². The zero-order chi connectivity index (χ0) is 15.5. The van der Waals surface area contributed by atoms with Crippen molar-refractivity contribution in [3.63, 3.8) is 0 Å². The monoisotopic (exact) mass is 334 g/mol. The van der Waals surface area contributed by atoms with Crippen LogP contribution in [0.4, 0.5) is 0 Å². The number of aromatic nitrogens is 2. The number of ether oxygens (including phenoxy) is 1. The molecule has 3 aromatic rings. The summed E-state index contributed by atoms with van der Waals surface area (Å²) in [5.74, 6) is 0.817. The largest absolute Gasteiger partial charge is 1.00 e. The third-order valence-corrected chi connectivity index (χ3v) is 3.92. The van der Waals surface area contributed by atoms with Crippen LogP contribution in [-0.4, -0.2) is 16.7 Å². The van der Waals surface area contributed by atoms with Crippen LogP contribution in [0.1, 0.15) is 5.56 Å². The van der Waals surface area contributed by atoms with E-state index >= 15 is 0 Å². The van der Waals surface area contributed by atoms with E-state index in [1.807, 2.05) is 36.4 Å². The van der Waals surface area contributed by atoms with Gasteiger partial charge in [-0.25, -0.2) is 0 Å². The molecule has 3 rings (SSSR count). The predicted octanol–water partition coefficient (Wildman–Crippen LogP) is -0.442. The maximum Gasteiger partial charge on any atom is 1.00 e. The first-order valence-corrected chi connectivity index (χ1v) is 7.39. The molecule has 0 fully saturated rings. The van der Waals surface area contributed by atoms with Crippen molar-refractivity contribution >= 4 is 23.5 Å². The van der Waals surface area contributed by atoms with Gasteiger partial charge in [-0.3, -0.25) is 9.78 Å². The Bertz CT molecular complexity index is 863. The van der Waals surface area contributed by atoms with E-state index in [-0.39, 0.29) is 35.1 Å². The van der Waals surface area contributed by atoms with Crippen molar-refractivity contribution in [2.24, 2.45) is 0 Å². The van der Waals surface area contributed by atoms with Crippen LogP contribution in [0.15, 0.2) is 58.5 Å². The molecule has 0 N–H and O–H groups in total. The second-order valence-electron chi connectivity index (χ2n) is 4.97. The third-order valence-electron chi connectivity index (χ3n) is 3.61. The summed E-state index contributed by atoms with van der Waals surface area (Å²) < 4.78 is 6.69. The van der Waals surface area contributed by atoms with Crippen LogP contribution in [0.5, 0.6) is 5.75 Å². The van der Waals surface area contributed by atoms with Gasteiger partial charge in [0.05, 0.1) is 18.0 Å². The summed E-state index contributed by atoms with van der Waals surface area (Å²) in [4.78, 5) is 16.8. The van der Waals surface area contributed by atoms with Crippen LogP contribution in [0.25, 0.3) is 10.9 Å². The Hall–Kier alpha value is -1.40. The molecule has 1 aromatic heterocycles. The minimum absolute atomic E-state index is 0. The van der Waals surface area contributed by atoms with E-state index in [1.165, 1.54) is 0 Å². The molecule has 0 unspecified atom stereocenters. The summed E-state index contributed by atoms with van der Waals surface area (Å²) >= 11 is 5.25. The Balaban J connectivity index is 0.00000192. The van der Waals surface area contributed by atoms with Crippen molar-refractivity contribution in [3.8, 4) is 5.75 Å². The SMILES string of the molecule is COc1ccc(CCn2c([S-])nc3ccccc3c2=O)cc1.[Na+]. The molecule has 0 radical (unpaired) electrons. The van der Waals surface area contributed by atoms with Gasteiger partial charge in [0.1, 0.15) is 5.75 Å². The maximum absolute atomic E-state index is 12.5. The first-order valence-electron chi connectivity index (χ1n) is 6.98. The molecule has 6 heteroatoms. The predicted molar refractivity (Wildman–Crippen MR) is 88.3 cm³/mol. The van der Waals surface area contributed by atoms with Gasteiger partial charge in [-0.1, -0.05) is 24.3 Å². The van der Waals surface area contributed by atoms with Gasteiger partial charge in [-0.2, -0.15) is 0 Å². The molecule has 0 aliphatic rings. The van der Waals surface area contributed by atoms with E-state index in [1.54, 1.807) is 23.8 Å². The van der Waals surface area contributed by atoms with Crippen molar-refractivity contribution in [2.45, 2.75) is 18.1 Å². The summed E-state index contributed by atoms with van der Waals surface area (Å²) in [5.41, 5.74) is 1.69. The third kappa shape index (κ3) is 3.93. The molecule has 112 valence electrons. The minimum atomic E-state index is -0.0795. The number of hydrogen-bond acceptors (Lipinski definition) is 4. The minimum Gasteiger partial charge on any atom is -0.742 e. The first kappa shape index (κ1) is 17.9. The Labute approximate surface area is 162 Å². The van der Waals surface area contributed by atoms with Gasteiger partial charge in [0.25, 0.3) is 5.56 Å². The molecule has 0 aliphatic carbocycles. The summed E-state index contributed by atoms with van der Waals surface area (Å²) in [5, 5.41) is 0.933. The number of hydrogen-bond donors (Lipinski definition) is 0. The molecular weight excluding hydrogens is 319 g/mol. The van der Waals surface area contributed by atoms with Crippen molar-refractivity contribution in [2.75, 3.05) is 7.11 Å². The average Bonchev–Trinajstić information content (AvgIpc) is 2.55. The molecule has 0 bridgehead atoms. The number of para-hydroxylation sites is 1. The average molecular weight is 334 g/mol. The Morgan fingerprint density at radius 1 is 1.13 bits per heavy atom. The molecule has 0 atom stereocenters. The quantitative estimate of drug-likeness (QED) is 0.369. The zero-order valence-electron chi connectivity index (χ0n) is 13.2. The maximum atomic E-state index is 12.5. The van der Waals surface area contributed by atoms with Crippen LogP contribution in [0.2, 0.25) is 0 Å². The van der Waals surface area contributed by atoms with E-state index in [4.69, 9.17) is 17.4 Å². The van der Waals surface area contributed by atoms with Gasteiger partial charge in [-0.05, 0) is 41.4 Å². The molecule has 0 amide bonds. The van der Waals surface area contributed by atoms with E-state index in [2.05, 4.69) is 4.98 Å². The fourth-order valence-corrected chi connectivity index (χ4v) is 2.65. The second kappa shape index (κ2) is 7.93.